The van der Waals surface area contributed by atoms with Crippen LogP contribution in [0.5, 0.6) is 0 Å². The van der Waals surface area contributed by atoms with Crippen LogP contribution in [0.25, 0.3) is 0 Å². The summed E-state index contributed by atoms with van der Waals surface area (Å²) in [6.45, 7) is 10.1. The number of nitrogens with zero attached hydrogens (tertiary/aromatic N) is 1. The topological polar surface area (TPSA) is 15.3 Å². The van der Waals surface area contributed by atoms with Crippen LogP contribution >= 0.6 is 0 Å². The lowest BCUT2D eigenvalue weighted by molar-refractivity contribution is 0.138. The fraction of sp³-hybridized carbons (Fsp3) is 0.571. The maximum Gasteiger partial charge on any atom is 0.0240 e. The lowest BCUT2D eigenvalue weighted by Crippen LogP contribution is -2.53. The van der Waals surface area contributed by atoms with Crippen molar-refractivity contribution in [3.05, 3.63) is 35.4 Å². The predicted octanol–water partition coefficient (Wildman–Crippen LogP) is 2.18. The average molecular weight is 218 g/mol. The Morgan fingerprint density at radius 2 is 2.06 bits per heavy atom. The van der Waals surface area contributed by atoms with E-state index in [4.69, 9.17) is 0 Å². The van der Waals surface area contributed by atoms with Gasteiger partial charge in [0.2, 0.25) is 0 Å². The summed E-state index contributed by atoms with van der Waals surface area (Å²) in [4.78, 5) is 2.57. The van der Waals surface area contributed by atoms with Crippen molar-refractivity contribution in [2.24, 2.45) is 0 Å². The van der Waals surface area contributed by atoms with Gasteiger partial charge in [-0.1, -0.05) is 24.3 Å². The van der Waals surface area contributed by atoms with Gasteiger partial charge in [-0.3, -0.25) is 4.90 Å². The molecular weight excluding hydrogens is 196 g/mol. The third-order valence-electron chi connectivity index (χ3n) is 3.53. The average Bonchev–Trinajstić information content (AvgIpc) is 2.27. The van der Waals surface area contributed by atoms with Crippen molar-refractivity contribution in [3.8, 4) is 0 Å². The molecule has 0 amide bonds. The number of hydrogen-bond donors (Lipinski definition) is 1. The Morgan fingerprint density at radius 3 is 2.81 bits per heavy atom. The van der Waals surface area contributed by atoms with Crippen LogP contribution in [0.3, 0.4) is 0 Å². The summed E-state index contributed by atoms with van der Waals surface area (Å²) in [5.41, 5.74) is 2.87. The van der Waals surface area contributed by atoms with Gasteiger partial charge in [0, 0.05) is 31.7 Å². The Morgan fingerprint density at radius 1 is 1.31 bits per heavy atom. The Balaban J connectivity index is 2.06. The summed E-state index contributed by atoms with van der Waals surface area (Å²) < 4.78 is 0. The molecule has 2 rings (SSSR count). The van der Waals surface area contributed by atoms with Crippen LogP contribution in [0.15, 0.2) is 24.3 Å². The van der Waals surface area contributed by atoms with Gasteiger partial charge in [-0.05, 0) is 31.9 Å². The van der Waals surface area contributed by atoms with E-state index in [-0.39, 0.29) is 0 Å². The molecule has 0 spiro atoms. The van der Waals surface area contributed by atoms with E-state index < -0.39 is 0 Å². The van der Waals surface area contributed by atoms with Crippen LogP contribution < -0.4 is 5.32 Å². The molecule has 16 heavy (non-hydrogen) atoms. The molecule has 1 aromatic rings. The minimum absolute atomic E-state index is 0.611. The van der Waals surface area contributed by atoms with E-state index in [0.717, 1.165) is 19.6 Å². The number of piperazine rings is 1. The summed E-state index contributed by atoms with van der Waals surface area (Å²) in [5, 5.41) is 3.52. The fourth-order valence-corrected chi connectivity index (χ4v) is 2.32. The second kappa shape index (κ2) is 4.98. The standard InChI is InChI=1S/C14H22N2/c1-11-6-4-5-7-14(11)10-16-9-12(2)15-8-13(16)3/h4-7,12-13,15H,8-10H2,1-3H3/t12-,13+/m1/s1. The summed E-state index contributed by atoms with van der Waals surface area (Å²) in [5.74, 6) is 0. The van der Waals surface area contributed by atoms with E-state index in [1.165, 1.54) is 11.1 Å². The van der Waals surface area contributed by atoms with Crippen molar-refractivity contribution < 1.29 is 0 Å². The molecule has 1 aromatic carbocycles. The molecule has 0 radical (unpaired) electrons. The molecule has 1 aliphatic rings. The van der Waals surface area contributed by atoms with Crippen LogP contribution in [0.4, 0.5) is 0 Å². The van der Waals surface area contributed by atoms with Gasteiger partial charge in [0.25, 0.3) is 0 Å². The van der Waals surface area contributed by atoms with Gasteiger partial charge in [-0.25, -0.2) is 0 Å². The van der Waals surface area contributed by atoms with E-state index in [1.54, 1.807) is 0 Å². The lowest BCUT2D eigenvalue weighted by atomic mass is 10.1. The lowest BCUT2D eigenvalue weighted by Gasteiger charge is -2.37. The van der Waals surface area contributed by atoms with Crippen molar-refractivity contribution in [3.63, 3.8) is 0 Å². The summed E-state index contributed by atoms with van der Waals surface area (Å²) >= 11 is 0. The van der Waals surface area contributed by atoms with E-state index in [0.29, 0.717) is 12.1 Å². The fourth-order valence-electron chi connectivity index (χ4n) is 2.32. The van der Waals surface area contributed by atoms with Gasteiger partial charge < -0.3 is 5.32 Å². The zero-order valence-corrected chi connectivity index (χ0v) is 10.5. The van der Waals surface area contributed by atoms with Crippen molar-refractivity contribution in [1.29, 1.82) is 0 Å². The first-order valence-corrected chi connectivity index (χ1v) is 6.18. The molecule has 0 aliphatic carbocycles. The van der Waals surface area contributed by atoms with Gasteiger partial charge in [0.15, 0.2) is 0 Å². The van der Waals surface area contributed by atoms with E-state index >= 15 is 0 Å². The molecule has 0 aromatic heterocycles. The predicted molar refractivity (Wildman–Crippen MR) is 68.5 cm³/mol. The number of aryl methyl sites for hydroxylation is 1. The maximum absolute atomic E-state index is 3.52. The summed E-state index contributed by atoms with van der Waals surface area (Å²) in [6, 6.07) is 9.94. The van der Waals surface area contributed by atoms with Gasteiger partial charge in [0.1, 0.15) is 0 Å². The number of nitrogens with one attached hydrogen (secondary N) is 1. The molecule has 0 saturated carbocycles. The highest BCUT2D eigenvalue weighted by atomic mass is 15.2. The minimum atomic E-state index is 0.611. The normalized spacial score (nSPS) is 26.9. The zero-order valence-electron chi connectivity index (χ0n) is 10.5. The van der Waals surface area contributed by atoms with E-state index in [1.807, 2.05) is 0 Å². The molecule has 1 N–H and O–H groups in total. The first-order chi connectivity index (χ1) is 7.66. The third-order valence-corrected chi connectivity index (χ3v) is 3.53. The Hall–Kier alpha value is -0.860. The molecule has 1 aliphatic heterocycles. The van der Waals surface area contributed by atoms with Crippen molar-refractivity contribution in [2.75, 3.05) is 13.1 Å². The van der Waals surface area contributed by atoms with Crippen LogP contribution in [0.2, 0.25) is 0 Å². The van der Waals surface area contributed by atoms with E-state index in [9.17, 15) is 0 Å². The molecule has 1 saturated heterocycles. The SMILES string of the molecule is Cc1ccccc1CN1C[C@@H](C)NC[C@@H]1C. The largest absolute Gasteiger partial charge is 0.311 e. The third kappa shape index (κ3) is 2.63. The smallest absolute Gasteiger partial charge is 0.0240 e. The van der Waals surface area contributed by atoms with Crippen LogP contribution in [0, 0.1) is 6.92 Å². The highest BCUT2D eigenvalue weighted by Gasteiger charge is 2.22. The molecular formula is C14H22N2. The highest BCUT2D eigenvalue weighted by Crippen LogP contribution is 2.14. The highest BCUT2D eigenvalue weighted by molar-refractivity contribution is 5.25. The van der Waals surface area contributed by atoms with Gasteiger partial charge in [0.05, 0.1) is 0 Å². The molecule has 2 atom stereocenters. The van der Waals surface area contributed by atoms with Crippen LogP contribution in [-0.4, -0.2) is 30.1 Å². The number of hydrogen-bond acceptors (Lipinski definition) is 2. The quantitative estimate of drug-likeness (QED) is 0.818. The maximum atomic E-state index is 3.52. The van der Waals surface area contributed by atoms with Crippen LogP contribution in [-0.2, 0) is 6.54 Å². The summed E-state index contributed by atoms with van der Waals surface area (Å²) in [7, 11) is 0. The summed E-state index contributed by atoms with van der Waals surface area (Å²) in [6.07, 6.45) is 0. The zero-order chi connectivity index (χ0) is 11.5. The monoisotopic (exact) mass is 218 g/mol. The van der Waals surface area contributed by atoms with Gasteiger partial charge in [-0.15, -0.1) is 0 Å². The first kappa shape index (κ1) is 11.6. The van der Waals surface area contributed by atoms with Gasteiger partial charge >= 0.3 is 0 Å². The Bertz CT molecular complexity index is 348. The van der Waals surface area contributed by atoms with Crippen molar-refractivity contribution in [2.45, 2.75) is 39.4 Å². The van der Waals surface area contributed by atoms with Crippen molar-refractivity contribution >= 4 is 0 Å². The second-order valence-electron chi connectivity index (χ2n) is 5.01. The molecule has 0 unspecified atom stereocenters. The Kier molecular flexibility index (Phi) is 3.62. The molecule has 2 nitrogen and oxygen atoms in total. The molecule has 1 heterocycles. The second-order valence-corrected chi connectivity index (χ2v) is 5.01. The first-order valence-electron chi connectivity index (χ1n) is 6.18. The molecule has 88 valence electrons. The minimum Gasteiger partial charge on any atom is -0.311 e. The number of rotatable bonds is 2. The van der Waals surface area contributed by atoms with E-state index in [2.05, 4.69) is 55.3 Å². The van der Waals surface area contributed by atoms with Crippen molar-refractivity contribution in [1.82, 2.24) is 10.2 Å². The molecule has 1 fully saturated rings. The van der Waals surface area contributed by atoms with Gasteiger partial charge in [-0.2, -0.15) is 0 Å². The Labute approximate surface area is 98.7 Å². The molecule has 0 bridgehead atoms. The van der Waals surface area contributed by atoms with Crippen LogP contribution in [0.1, 0.15) is 25.0 Å². The number of benzene rings is 1. The molecule has 2 heteroatoms.